The van der Waals surface area contributed by atoms with E-state index in [0.29, 0.717) is 32.9 Å². The Labute approximate surface area is 805 Å². The molecule has 654 valence electrons. The van der Waals surface area contributed by atoms with Gasteiger partial charge in [-0.15, -0.1) is 0 Å². The van der Waals surface area contributed by atoms with Gasteiger partial charge in [0.25, 0.3) is 0 Å². The molecular weight excluding hydrogens is 1720 g/mol. The minimum absolute atomic E-state index is 0.317. The van der Waals surface area contributed by atoms with Crippen molar-refractivity contribution in [2.24, 2.45) is 0 Å². The maximum absolute atomic E-state index is 13.3. The monoisotopic (exact) mass is 1800 g/mol. The Hall–Kier alpha value is -18.6. The van der Waals surface area contributed by atoms with E-state index in [0.717, 1.165) is 77.0 Å². The van der Waals surface area contributed by atoms with Crippen molar-refractivity contribution in [2.45, 2.75) is 16.2 Å². The lowest BCUT2D eigenvalue weighted by Crippen LogP contribution is -2.25. The van der Waals surface area contributed by atoms with Crippen LogP contribution in [-0.4, -0.2) is 13.7 Å². The predicted octanol–water partition coefficient (Wildman–Crippen LogP) is 31.2. The smallest absolute Gasteiger partial charge is 0.344 e. The van der Waals surface area contributed by atoms with E-state index in [2.05, 4.69) is 372 Å². The summed E-state index contributed by atoms with van der Waals surface area (Å²) in [7, 11) is 0. The summed E-state index contributed by atoms with van der Waals surface area (Å²) in [4.78, 5) is 39.7. The van der Waals surface area contributed by atoms with Gasteiger partial charge in [-0.25, -0.2) is 14.4 Å². The molecule has 0 bridgehead atoms. The number of nitrogens with zero attached hydrogens (tertiary/aromatic N) is 3. The quantitative estimate of drug-likeness (QED) is 0.129. The topological polar surface area (TPSA) is 105 Å². The molecule has 6 aliphatic rings. The van der Waals surface area contributed by atoms with E-state index in [1.54, 1.807) is 0 Å². The number of para-hydroxylation sites is 6. The Kier molecular flexibility index (Phi) is 15.7. The van der Waals surface area contributed by atoms with E-state index in [9.17, 15) is 14.4 Å². The van der Waals surface area contributed by atoms with Crippen LogP contribution in [0.2, 0.25) is 0 Å². The van der Waals surface area contributed by atoms with Crippen LogP contribution in [0.5, 0.6) is 0 Å². The van der Waals surface area contributed by atoms with E-state index in [1.165, 1.54) is 171 Å². The van der Waals surface area contributed by atoms with Crippen molar-refractivity contribution in [1.29, 1.82) is 0 Å². The highest BCUT2D eigenvalue weighted by Gasteiger charge is 2.56. The van der Waals surface area contributed by atoms with Crippen molar-refractivity contribution in [2.75, 3.05) is 0 Å². The molecule has 9 nitrogen and oxygen atoms in total. The second kappa shape index (κ2) is 28.5. The van der Waals surface area contributed by atoms with Crippen molar-refractivity contribution < 1.29 is 13.3 Å². The Morgan fingerprint density at radius 2 is 0.475 bits per heavy atom. The zero-order chi connectivity index (χ0) is 92.6. The van der Waals surface area contributed by atoms with Crippen LogP contribution in [0, 0.1) is 0 Å². The normalized spacial score (nSPS) is 13.8. The van der Waals surface area contributed by atoms with Crippen LogP contribution in [0.15, 0.2) is 483 Å². The molecule has 0 unspecified atom stereocenters. The molecule has 0 N–H and O–H groups in total. The summed E-state index contributed by atoms with van der Waals surface area (Å²) in [6, 6.07) is 162. The van der Waals surface area contributed by atoms with Crippen LogP contribution >= 0.6 is 0 Å². The third-order valence-electron chi connectivity index (χ3n) is 32.0. The van der Waals surface area contributed by atoms with E-state index in [4.69, 9.17) is 13.3 Å². The molecule has 6 aromatic heterocycles. The molecule has 0 saturated heterocycles. The first-order valence-electron chi connectivity index (χ1n) is 48.2. The van der Waals surface area contributed by atoms with Gasteiger partial charge in [-0.05, 0) is 219 Å². The van der Waals surface area contributed by atoms with Gasteiger partial charge in [0.1, 0.15) is 16.7 Å². The minimum Gasteiger partial charge on any atom is -0.422 e. The number of hydrogen-bond acceptors (Lipinski definition) is 6. The van der Waals surface area contributed by atoms with Crippen molar-refractivity contribution in [3.8, 4) is 83.8 Å². The fraction of sp³-hybridized carbons (Fsp3) is 0.0227. The molecule has 27 aromatic rings. The average Bonchev–Trinajstić information content (AvgIpc) is 1.50. The van der Waals surface area contributed by atoms with E-state index >= 15 is 0 Å². The lowest BCUT2D eigenvalue weighted by Gasteiger charge is -2.30. The van der Waals surface area contributed by atoms with E-state index < -0.39 is 16.2 Å². The standard InChI is InChI=1S/3C44H25NO2/c46-43-31-17-11-22-37(40(31)30-16-5-10-23-39(30)47-43)45-36-21-9-4-15-29(36)42-38(45)25-24-35-41(42)28-14-3-8-20-34(28)44(35)32-18-6-1-12-26(32)27-13-2-7-19-33(27)44;46-43-33-25-26(21-22-27(33)30-13-5-10-20-40(30)47-43)45-38-19-9-4-15-32(38)42-39(45)24-23-37-41(42)31-14-3-8-18-36(31)44(37)34-16-6-1-11-28(34)29-12-2-7-17-35(29)44;46-43-32-22-21-26(25-34(32)30-14-5-10-20-40(30)47-43)45-39-19-9-4-13-29(39)31-23-24-38-41(42(31)45)33-15-3-8-18-37(33)44(38)35-16-6-1-11-27(35)28-12-2-7-17-36(28)44/h3*1-25H. The third-order valence-corrected chi connectivity index (χ3v) is 32.0. The van der Waals surface area contributed by atoms with Crippen LogP contribution in [-0.2, 0) is 16.2 Å². The second-order valence-corrected chi connectivity index (χ2v) is 38.2. The van der Waals surface area contributed by atoms with Gasteiger partial charge in [-0.2, -0.15) is 0 Å². The zero-order valence-electron chi connectivity index (χ0n) is 75.6. The fourth-order valence-corrected chi connectivity index (χ4v) is 26.8. The number of aromatic nitrogens is 3. The van der Waals surface area contributed by atoms with Crippen molar-refractivity contribution in [3.63, 3.8) is 0 Å². The van der Waals surface area contributed by atoms with Crippen LogP contribution < -0.4 is 16.9 Å². The first-order valence-corrected chi connectivity index (χ1v) is 48.2. The molecule has 0 atom stereocenters. The maximum atomic E-state index is 13.3. The SMILES string of the molecule is O=c1oc2ccccc2c2c(-n3c4ccccc4c4c5c(ccc43)C3(c4ccccc4-c4ccccc43)c3ccccc3-5)cccc12.O=c1oc2ccccc2c2cc(-n3c4ccccc4c4ccc5c(c43)-c3ccccc3C53c4ccccc4-c4ccccc43)ccc12.O=c1oc2ccccc2c2ccc(-n3c4ccccc4c4c5c(ccc43)C3(c4ccccc4-c4ccccc43)c3ccccc3-5)cc12. The predicted molar refractivity (Wildman–Crippen MR) is 572 cm³/mol. The summed E-state index contributed by atoms with van der Waals surface area (Å²) in [6.45, 7) is 0. The molecule has 0 saturated carbocycles. The Bertz CT molecular complexity index is 10400. The molecule has 141 heavy (non-hydrogen) atoms. The van der Waals surface area contributed by atoms with Gasteiger partial charge in [0.15, 0.2) is 0 Å². The van der Waals surface area contributed by atoms with E-state index in [-0.39, 0.29) is 16.9 Å². The molecule has 6 heterocycles. The molecule has 0 aliphatic heterocycles. The molecule has 21 aromatic carbocycles. The zero-order valence-corrected chi connectivity index (χ0v) is 75.6. The van der Waals surface area contributed by atoms with Gasteiger partial charge >= 0.3 is 16.9 Å². The highest BCUT2D eigenvalue weighted by atomic mass is 16.4. The van der Waals surface area contributed by atoms with Crippen molar-refractivity contribution >= 4 is 131 Å². The molecule has 3 spiro atoms. The number of benzene rings is 21. The summed E-state index contributed by atoms with van der Waals surface area (Å²) in [5, 5.41) is 14.5. The average molecular weight is 1800 g/mol. The van der Waals surface area contributed by atoms with Gasteiger partial charge in [-0.3, -0.25) is 0 Å². The first-order chi connectivity index (χ1) is 69.8. The largest absolute Gasteiger partial charge is 0.422 e. The lowest BCUT2D eigenvalue weighted by molar-refractivity contribution is 0.569. The minimum atomic E-state index is -0.423. The van der Waals surface area contributed by atoms with Crippen LogP contribution in [0.1, 0.15) is 66.8 Å². The first kappa shape index (κ1) is 77.7. The molecular formula is C132H75N3O6. The van der Waals surface area contributed by atoms with E-state index in [1.807, 2.05) is 97.1 Å². The summed E-state index contributed by atoms with van der Waals surface area (Å²) in [5.41, 5.74) is 40.6. The molecule has 6 aliphatic carbocycles. The van der Waals surface area contributed by atoms with Crippen molar-refractivity contribution in [1.82, 2.24) is 13.7 Å². The van der Waals surface area contributed by atoms with Crippen LogP contribution in [0.25, 0.3) is 214 Å². The Morgan fingerprint density at radius 3 is 0.950 bits per heavy atom. The lowest BCUT2D eigenvalue weighted by atomic mass is 9.70. The highest BCUT2D eigenvalue weighted by molar-refractivity contribution is 6.24. The number of rotatable bonds is 3. The number of fused-ring (bicyclic) bond motifs is 51. The second-order valence-electron chi connectivity index (χ2n) is 38.2. The molecule has 0 amide bonds. The van der Waals surface area contributed by atoms with Gasteiger partial charge in [0.05, 0.1) is 71.2 Å². The molecule has 9 heteroatoms. The summed E-state index contributed by atoms with van der Waals surface area (Å²) >= 11 is 0. The van der Waals surface area contributed by atoms with Gasteiger partial charge in [0.2, 0.25) is 0 Å². The Morgan fingerprint density at radius 1 is 0.170 bits per heavy atom. The maximum Gasteiger partial charge on any atom is 0.344 e. The Balaban J connectivity index is 0.0000000972. The summed E-state index contributed by atoms with van der Waals surface area (Å²) < 4.78 is 24.3. The summed E-state index contributed by atoms with van der Waals surface area (Å²) in [5.74, 6) is 0. The number of hydrogen-bond donors (Lipinski definition) is 0. The van der Waals surface area contributed by atoms with Crippen LogP contribution in [0.3, 0.4) is 0 Å². The summed E-state index contributed by atoms with van der Waals surface area (Å²) in [6.07, 6.45) is 0. The molecule has 33 rings (SSSR count). The van der Waals surface area contributed by atoms with Crippen LogP contribution in [0.4, 0.5) is 0 Å². The van der Waals surface area contributed by atoms with Gasteiger partial charge in [-0.1, -0.05) is 364 Å². The van der Waals surface area contributed by atoms with Gasteiger partial charge in [0, 0.05) is 81.6 Å². The third kappa shape index (κ3) is 9.94. The molecule has 0 radical (unpaired) electrons. The molecule has 0 fully saturated rings. The highest BCUT2D eigenvalue weighted by Crippen LogP contribution is 2.69. The fourth-order valence-electron chi connectivity index (χ4n) is 26.8. The van der Waals surface area contributed by atoms with Crippen molar-refractivity contribution in [3.05, 3.63) is 553 Å². The van der Waals surface area contributed by atoms with Gasteiger partial charge < -0.3 is 27.0 Å².